The maximum atomic E-state index is 12.7. The summed E-state index contributed by atoms with van der Waals surface area (Å²) in [6.45, 7) is 7.55. The zero-order valence-corrected chi connectivity index (χ0v) is 19.7. The summed E-state index contributed by atoms with van der Waals surface area (Å²) in [6.07, 6.45) is 4.15. The Labute approximate surface area is 194 Å². The molecule has 1 N–H and O–H groups in total. The Morgan fingerprint density at radius 1 is 1.18 bits per heavy atom. The summed E-state index contributed by atoms with van der Waals surface area (Å²) in [5.41, 5.74) is 2.02. The third-order valence-electron chi connectivity index (χ3n) is 5.32. The van der Waals surface area contributed by atoms with Gasteiger partial charge in [-0.1, -0.05) is 20.8 Å². The van der Waals surface area contributed by atoms with Crippen LogP contribution in [0.1, 0.15) is 43.2 Å². The van der Waals surface area contributed by atoms with E-state index in [1.54, 1.807) is 30.3 Å². The number of anilines is 1. The lowest BCUT2D eigenvalue weighted by Crippen LogP contribution is -2.28. The second kappa shape index (κ2) is 11.4. The van der Waals surface area contributed by atoms with Crippen molar-refractivity contribution in [1.82, 2.24) is 14.7 Å². The molecular weight excluding hydrogens is 420 g/mol. The van der Waals surface area contributed by atoms with Gasteiger partial charge in [0.1, 0.15) is 29.6 Å². The number of nitrogens with one attached hydrogen (secondary N) is 1. The van der Waals surface area contributed by atoms with Gasteiger partial charge in [-0.2, -0.15) is 0 Å². The molecule has 0 spiro atoms. The van der Waals surface area contributed by atoms with E-state index in [-0.39, 0.29) is 5.91 Å². The van der Waals surface area contributed by atoms with Crippen molar-refractivity contribution < 1.29 is 19.1 Å². The molecule has 0 aliphatic rings. The smallest absolute Gasteiger partial charge is 0.252 e. The molecule has 0 radical (unpaired) electrons. The third kappa shape index (κ3) is 6.03. The first kappa shape index (κ1) is 24.1. The van der Waals surface area contributed by atoms with E-state index in [0.29, 0.717) is 49.0 Å². The maximum absolute atomic E-state index is 12.7. The van der Waals surface area contributed by atoms with Crippen LogP contribution in [0.5, 0.6) is 11.5 Å². The first-order valence-corrected chi connectivity index (χ1v) is 11.2. The molecule has 176 valence electrons. The van der Waals surface area contributed by atoms with Gasteiger partial charge < -0.3 is 14.8 Å². The SMILES string of the molecule is CCc1nc2ccc(C(=O)NCCOc3ccc(OC)cc3)cn2c1N(C=O)CCC(C)C. The molecule has 3 rings (SSSR count). The van der Waals surface area contributed by atoms with E-state index >= 15 is 0 Å². The molecule has 0 atom stereocenters. The predicted molar refractivity (Wildman–Crippen MR) is 128 cm³/mol. The molecule has 8 heteroatoms. The van der Waals surface area contributed by atoms with Crippen molar-refractivity contribution in [1.29, 1.82) is 0 Å². The third-order valence-corrected chi connectivity index (χ3v) is 5.32. The Kier molecular flexibility index (Phi) is 8.29. The number of carbonyl (C=O) groups is 2. The van der Waals surface area contributed by atoms with Crippen LogP contribution in [0.15, 0.2) is 42.6 Å². The highest BCUT2D eigenvalue weighted by Crippen LogP contribution is 2.24. The average Bonchev–Trinajstić information content (AvgIpc) is 3.20. The average molecular weight is 453 g/mol. The van der Waals surface area contributed by atoms with Gasteiger partial charge in [0.2, 0.25) is 6.41 Å². The van der Waals surface area contributed by atoms with Crippen LogP contribution >= 0.6 is 0 Å². The number of aryl methyl sites for hydroxylation is 1. The summed E-state index contributed by atoms with van der Waals surface area (Å²) in [4.78, 5) is 30.9. The number of carbonyl (C=O) groups excluding carboxylic acids is 2. The fourth-order valence-corrected chi connectivity index (χ4v) is 3.47. The highest BCUT2D eigenvalue weighted by atomic mass is 16.5. The highest BCUT2D eigenvalue weighted by molar-refractivity contribution is 5.94. The molecule has 0 aliphatic carbocycles. The zero-order valence-electron chi connectivity index (χ0n) is 19.7. The van der Waals surface area contributed by atoms with Crippen LogP contribution < -0.4 is 19.7 Å². The molecule has 0 saturated carbocycles. The summed E-state index contributed by atoms with van der Waals surface area (Å²) < 4.78 is 12.6. The topological polar surface area (TPSA) is 85.2 Å². The number of hydrogen-bond donors (Lipinski definition) is 1. The summed E-state index contributed by atoms with van der Waals surface area (Å²) in [5, 5.41) is 2.87. The molecule has 1 aromatic carbocycles. The monoisotopic (exact) mass is 452 g/mol. The Hall–Kier alpha value is -3.55. The number of hydrogen-bond acceptors (Lipinski definition) is 5. The lowest BCUT2D eigenvalue weighted by Gasteiger charge is -2.19. The second-order valence-corrected chi connectivity index (χ2v) is 8.14. The quantitative estimate of drug-likeness (QED) is 0.334. The number of nitrogens with zero attached hydrogens (tertiary/aromatic N) is 3. The van der Waals surface area contributed by atoms with E-state index in [2.05, 4.69) is 24.1 Å². The zero-order chi connectivity index (χ0) is 23.8. The van der Waals surface area contributed by atoms with Gasteiger partial charge in [-0.3, -0.25) is 18.9 Å². The Bertz CT molecular complexity index is 1080. The first-order valence-electron chi connectivity index (χ1n) is 11.2. The number of methoxy groups -OCH3 is 1. The van der Waals surface area contributed by atoms with E-state index in [0.717, 1.165) is 30.1 Å². The molecule has 0 saturated heterocycles. The Morgan fingerprint density at radius 2 is 1.91 bits per heavy atom. The molecule has 3 aromatic rings. The second-order valence-electron chi connectivity index (χ2n) is 8.14. The summed E-state index contributed by atoms with van der Waals surface area (Å²) in [6, 6.07) is 10.8. The number of benzene rings is 1. The summed E-state index contributed by atoms with van der Waals surface area (Å²) >= 11 is 0. The number of rotatable bonds is 12. The van der Waals surface area contributed by atoms with Crippen LogP contribution in [-0.4, -0.2) is 48.5 Å². The molecule has 0 fully saturated rings. The minimum atomic E-state index is -0.215. The standard InChI is InChI=1S/C25H32N4O4/c1-5-22-25(28(17-30)14-12-18(2)3)29-16-19(6-11-23(29)27-22)24(31)26-13-15-33-21-9-7-20(32-4)8-10-21/h6-11,16-18H,5,12-15H2,1-4H3,(H,26,31). The lowest BCUT2D eigenvalue weighted by atomic mass is 10.1. The van der Waals surface area contributed by atoms with Crippen molar-refractivity contribution in [2.75, 3.05) is 31.7 Å². The Morgan fingerprint density at radius 3 is 2.55 bits per heavy atom. The molecule has 0 unspecified atom stereocenters. The number of imidazole rings is 1. The van der Waals surface area contributed by atoms with E-state index in [1.807, 2.05) is 35.6 Å². The van der Waals surface area contributed by atoms with Gasteiger partial charge in [-0.05, 0) is 55.2 Å². The molecule has 0 bridgehead atoms. The van der Waals surface area contributed by atoms with Gasteiger partial charge in [0.25, 0.3) is 5.91 Å². The van der Waals surface area contributed by atoms with Gasteiger partial charge in [-0.25, -0.2) is 4.98 Å². The Balaban J connectivity index is 1.69. The number of aromatic nitrogens is 2. The van der Waals surface area contributed by atoms with E-state index in [9.17, 15) is 9.59 Å². The lowest BCUT2D eigenvalue weighted by molar-refractivity contribution is -0.107. The van der Waals surface area contributed by atoms with E-state index < -0.39 is 0 Å². The van der Waals surface area contributed by atoms with Crippen molar-refractivity contribution >= 4 is 23.8 Å². The molecule has 2 amide bonds. The number of ether oxygens (including phenoxy) is 2. The molecular formula is C25H32N4O4. The molecule has 2 aromatic heterocycles. The van der Waals surface area contributed by atoms with Crippen LogP contribution in [0.2, 0.25) is 0 Å². The van der Waals surface area contributed by atoms with E-state index in [4.69, 9.17) is 9.47 Å². The predicted octanol–water partition coefficient (Wildman–Crippen LogP) is 3.72. The van der Waals surface area contributed by atoms with Crippen LogP contribution in [0.25, 0.3) is 5.65 Å². The van der Waals surface area contributed by atoms with Crippen LogP contribution in [0.4, 0.5) is 5.82 Å². The molecule has 0 aliphatic heterocycles. The van der Waals surface area contributed by atoms with Crippen LogP contribution in [0, 0.1) is 5.92 Å². The van der Waals surface area contributed by atoms with Gasteiger partial charge in [-0.15, -0.1) is 0 Å². The van der Waals surface area contributed by atoms with Crippen molar-refractivity contribution in [3.63, 3.8) is 0 Å². The molecule has 2 heterocycles. The fourth-order valence-electron chi connectivity index (χ4n) is 3.47. The van der Waals surface area contributed by atoms with Crippen molar-refractivity contribution in [3.8, 4) is 11.5 Å². The summed E-state index contributed by atoms with van der Waals surface area (Å²) in [7, 11) is 1.61. The minimum absolute atomic E-state index is 0.215. The minimum Gasteiger partial charge on any atom is -0.497 e. The number of pyridine rings is 1. The normalized spacial score (nSPS) is 10.9. The van der Waals surface area contributed by atoms with Gasteiger partial charge in [0.05, 0.1) is 24.9 Å². The van der Waals surface area contributed by atoms with Crippen LogP contribution in [-0.2, 0) is 11.2 Å². The van der Waals surface area contributed by atoms with E-state index in [1.165, 1.54) is 0 Å². The highest BCUT2D eigenvalue weighted by Gasteiger charge is 2.19. The van der Waals surface area contributed by atoms with Gasteiger partial charge in [0.15, 0.2) is 0 Å². The molecule has 8 nitrogen and oxygen atoms in total. The van der Waals surface area contributed by atoms with Gasteiger partial charge >= 0.3 is 0 Å². The van der Waals surface area contributed by atoms with Gasteiger partial charge in [0, 0.05) is 12.7 Å². The number of fused-ring (bicyclic) bond motifs is 1. The number of amides is 2. The van der Waals surface area contributed by atoms with Crippen molar-refractivity contribution in [2.24, 2.45) is 5.92 Å². The van der Waals surface area contributed by atoms with Crippen LogP contribution in [0.3, 0.4) is 0 Å². The van der Waals surface area contributed by atoms with Crippen molar-refractivity contribution in [2.45, 2.75) is 33.6 Å². The largest absolute Gasteiger partial charge is 0.497 e. The summed E-state index contributed by atoms with van der Waals surface area (Å²) in [5.74, 6) is 2.44. The van der Waals surface area contributed by atoms with Crippen molar-refractivity contribution in [3.05, 3.63) is 53.9 Å². The maximum Gasteiger partial charge on any atom is 0.252 e. The fraction of sp³-hybridized carbons (Fsp3) is 0.400. The molecule has 33 heavy (non-hydrogen) atoms. The first-order chi connectivity index (χ1) is 16.0.